The number of ketones is 1. The molecule has 1 heterocycles. The van der Waals surface area contributed by atoms with Crippen LogP contribution < -0.4 is 0 Å². The molecule has 2 aliphatic rings. The molecule has 0 aromatic heterocycles. The second-order valence-corrected chi connectivity index (χ2v) is 8.31. The third-order valence-electron chi connectivity index (χ3n) is 6.13. The molecular weight excluding hydrogens is 364 g/mol. The number of hydrogen-bond donors (Lipinski definition) is 1. The number of carbonyl (C=O) groups is 2. The van der Waals surface area contributed by atoms with E-state index in [0.29, 0.717) is 32.4 Å². The van der Waals surface area contributed by atoms with Crippen molar-refractivity contribution in [3.8, 4) is 0 Å². The highest BCUT2D eigenvalue weighted by Crippen LogP contribution is 2.25. The Morgan fingerprint density at radius 1 is 1.17 bits per heavy atom. The van der Waals surface area contributed by atoms with Crippen molar-refractivity contribution >= 4 is 11.7 Å². The molecule has 1 amide bonds. The number of β-amino-alcohol motifs (C(OH)–C–C–N with tert-alkyl or cyclic N) is 1. The van der Waals surface area contributed by atoms with Gasteiger partial charge in [-0.1, -0.05) is 48.5 Å². The van der Waals surface area contributed by atoms with E-state index in [2.05, 4.69) is 17.0 Å². The molecule has 2 aromatic rings. The van der Waals surface area contributed by atoms with Gasteiger partial charge in [-0.05, 0) is 28.7 Å². The Hall–Kier alpha value is -2.50. The quantitative estimate of drug-likeness (QED) is 0.819. The van der Waals surface area contributed by atoms with Crippen LogP contribution in [0.2, 0.25) is 0 Å². The number of fused-ring (bicyclic) bond motifs is 1. The first-order chi connectivity index (χ1) is 14.0. The van der Waals surface area contributed by atoms with Crippen molar-refractivity contribution in [1.29, 1.82) is 0 Å². The van der Waals surface area contributed by atoms with Crippen LogP contribution in [-0.4, -0.2) is 59.4 Å². The highest BCUT2D eigenvalue weighted by Gasteiger charge is 2.28. The number of amides is 1. The van der Waals surface area contributed by atoms with Crippen LogP contribution in [-0.2, 0) is 28.9 Å². The first-order valence-electron chi connectivity index (χ1n) is 10.3. The van der Waals surface area contributed by atoms with Crippen LogP contribution in [0.5, 0.6) is 0 Å². The molecule has 2 aromatic carbocycles. The number of nitrogens with zero attached hydrogens (tertiary/aromatic N) is 2. The lowest BCUT2D eigenvalue weighted by molar-refractivity contribution is -0.131. The van der Waals surface area contributed by atoms with E-state index in [1.54, 1.807) is 0 Å². The highest BCUT2D eigenvalue weighted by molar-refractivity contribution is 5.88. The van der Waals surface area contributed by atoms with Gasteiger partial charge in [0.25, 0.3) is 0 Å². The van der Waals surface area contributed by atoms with Crippen LogP contribution in [0, 0.1) is 0 Å². The minimum absolute atomic E-state index is 0.0582. The molecule has 0 saturated carbocycles. The zero-order valence-corrected chi connectivity index (χ0v) is 16.9. The predicted molar refractivity (Wildman–Crippen MR) is 112 cm³/mol. The van der Waals surface area contributed by atoms with Gasteiger partial charge >= 0.3 is 0 Å². The molecule has 29 heavy (non-hydrogen) atoms. The Morgan fingerprint density at radius 2 is 1.93 bits per heavy atom. The van der Waals surface area contributed by atoms with Crippen molar-refractivity contribution in [2.45, 2.75) is 37.8 Å². The van der Waals surface area contributed by atoms with Crippen LogP contribution in [0.3, 0.4) is 0 Å². The van der Waals surface area contributed by atoms with Gasteiger partial charge in [-0.15, -0.1) is 0 Å². The summed E-state index contributed by atoms with van der Waals surface area (Å²) in [7, 11) is 1.86. The van der Waals surface area contributed by atoms with Gasteiger partial charge < -0.3 is 10.0 Å². The fourth-order valence-electron chi connectivity index (χ4n) is 4.44. The fourth-order valence-corrected chi connectivity index (χ4v) is 4.44. The lowest BCUT2D eigenvalue weighted by atomic mass is 10.0. The van der Waals surface area contributed by atoms with E-state index >= 15 is 0 Å². The summed E-state index contributed by atoms with van der Waals surface area (Å²) < 4.78 is 0. The average molecular weight is 392 g/mol. The monoisotopic (exact) mass is 392 g/mol. The van der Waals surface area contributed by atoms with Crippen LogP contribution in [0.15, 0.2) is 48.5 Å². The number of benzene rings is 2. The Labute approximate surface area is 171 Å². The predicted octanol–water partition coefficient (Wildman–Crippen LogP) is 2.16. The second kappa shape index (κ2) is 8.47. The molecule has 1 unspecified atom stereocenters. The molecule has 1 saturated heterocycles. The van der Waals surface area contributed by atoms with Crippen molar-refractivity contribution in [2.75, 3.05) is 26.7 Å². The van der Waals surface area contributed by atoms with Crippen molar-refractivity contribution in [1.82, 2.24) is 9.80 Å². The average Bonchev–Trinajstić information content (AvgIpc) is 3.30. The van der Waals surface area contributed by atoms with Crippen LogP contribution in [0.25, 0.3) is 0 Å². The van der Waals surface area contributed by atoms with Gasteiger partial charge in [0.1, 0.15) is 5.78 Å². The SMILES string of the molecule is CN(C(=O)Cc1ccc2c(c1)CC(=O)C2)C(CN1CC[C@@H](O)C1)c1ccccc1. The van der Waals surface area contributed by atoms with Gasteiger partial charge in [0, 0.05) is 39.5 Å². The third kappa shape index (κ3) is 4.57. The van der Waals surface area contributed by atoms with E-state index in [1.807, 2.05) is 48.3 Å². The molecule has 5 nitrogen and oxygen atoms in total. The van der Waals surface area contributed by atoms with E-state index in [-0.39, 0.29) is 23.8 Å². The normalized spacial score (nSPS) is 19.9. The fraction of sp³-hybridized carbons (Fsp3) is 0.417. The summed E-state index contributed by atoms with van der Waals surface area (Å²) in [6.07, 6.45) is 1.83. The molecule has 2 atom stereocenters. The van der Waals surface area contributed by atoms with E-state index in [1.165, 1.54) is 0 Å². The number of carbonyl (C=O) groups excluding carboxylic acids is 2. The molecule has 5 heteroatoms. The summed E-state index contributed by atoms with van der Waals surface area (Å²) in [6, 6.07) is 16.0. The lowest BCUT2D eigenvalue weighted by Crippen LogP contribution is -2.39. The van der Waals surface area contributed by atoms with Gasteiger partial charge in [0.05, 0.1) is 18.6 Å². The van der Waals surface area contributed by atoms with Crippen molar-refractivity contribution in [2.24, 2.45) is 0 Å². The van der Waals surface area contributed by atoms with Crippen LogP contribution in [0.4, 0.5) is 0 Å². The number of likely N-dealkylation sites (N-methyl/N-ethyl adjacent to an activating group) is 1. The summed E-state index contributed by atoms with van der Waals surface area (Å²) in [4.78, 5) is 28.9. The topological polar surface area (TPSA) is 60.9 Å². The molecule has 1 aliphatic heterocycles. The van der Waals surface area contributed by atoms with Gasteiger partial charge in [0.15, 0.2) is 0 Å². The third-order valence-corrected chi connectivity index (χ3v) is 6.13. The maximum absolute atomic E-state index is 13.1. The van der Waals surface area contributed by atoms with E-state index < -0.39 is 0 Å². The molecule has 0 spiro atoms. The highest BCUT2D eigenvalue weighted by atomic mass is 16.3. The number of Topliss-reactive ketones (excluding diaryl/α,β-unsaturated/α-hetero) is 1. The maximum Gasteiger partial charge on any atom is 0.227 e. The van der Waals surface area contributed by atoms with E-state index in [4.69, 9.17) is 0 Å². The van der Waals surface area contributed by atoms with Gasteiger partial charge in [-0.25, -0.2) is 0 Å². The lowest BCUT2D eigenvalue weighted by Gasteiger charge is -2.32. The maximum atomic E-state index is 13.1. The molecule has 1 aliphatic carbocycles. The Balaban J connectivity index is 1.49. The smallest absolute Gasteiger partial charge is 0.227 e. The van der Waals surface area contributed by atoms with Gasteiger partial charge in [-0.2, -0.15) is 0 Å². The minimum Gasteiger partial charge on any atom is -0.392 e. The van der Waals surface area contributed by atoms with Gasteiger partial charge in [0.2, 0.25) is 5.91 Å². The molecule has 1 N–H and O–H groups in total. The number of hydrogen-bond acceptors (Lipinski definition) is 4. The zero-order chi connectivity index (χ0) is 20.4. The Bertz CT molecular complexity index is 896. The van der Waals surface area contributed by atoms with E-state index in [0.717, 1.165) is 35.2 Å². The van der Waals surface area contributed by atoms with Crippen LogP contribution in [0.1, 0.15) is 34.7 Å². The summed E-state index contributed by atoms with van der Waals surface area (Å²) in [5, 5.41) is 9.88. The number of aliphatic hydroxyl groups is 1. The molecule has 0 radical (unpaired) electrons. The zero-order valence-electron chi connectivity index (χ0n) is 16.9. The van der Waals surface area contributed by atoms with Gasteiger partial charge in [-0.3, -0.25) is 14.5 Å². The summed E-state index contributed by atoms with van der Waals surface area (Å²) >= 11 is 0. The first-order valence-corrected chi connectivity index (χ1v) is 10.3. The number of rotatable bonds is 6. The molecule has 4 rings (SSSR count). The first kappa shape index (κ1) is 19.8. The molecule has 152 valence electrons. The second-order valence-electron chi connectivity index (χ2n) is 8.31. The van der Waals surface area contributed by atoms with Crippen molar-refractivity contribution in [3.05, 3.63) is 70.8 Å². The van der Waals surface area contributed by atoms with Crippen molar-refractivity contribution in [3.63, 3.8) is 0 Å². The Kier molecular flexibility index (Phi) is 5.79. The van der Waals surface area contributed by atoms with Crippen LogP contribution >= 0.6 is 0 Å². The molecular formula is C24H28N2O3. The van der Waals surface area contributed by atoms with E-state index in [9.17, 15) is 14.7 Å². The summed E-state index contributed by atoms with van der Waals surface area (Å²) in [5.74, 6) is 0.306. The largest absolute Gasteiger partial charge is 0.392 e. The summed E-state index contributed by atoms with van der Waals surface area (Å²) in [5.41, 5.74) is 4.21. The number of likely N-dealkylation sites (tertiary alicyclic amines) is 1. The summed E-state index contributed by atoms with van der Waals surface area (Å²) in [6.45, 7) is 2.22. The Morgan fingerprint density at radius 3 is 2.66 bits per heavy atom. The molecule has 0 bridgehead atoms. The minimum atomic E-state index is -0.276. The molecule has 1 fully saturated rings. The standard InChI is InChI=1S/C24H28N2O3/c1-25(24(29)12-17-7-8-19-13-22(28)14-20(19)11-17)23(18-5-3-2-4-6-18)16-26-10-9-21(27)15-26/h2-8,11,21,23,27H,9-10,12-16H2,1H3/t21-,23?/m1/s1. The van der Waals surface area contributed by atoms with Crippen molar-refractivity contribution < 1.29 is 14.7 Å². The number of aliphatic hydroxyl groups excluding tert-OH is 1.